The molecule has 2 aromatic heterocycles. The summed E-state index contributed by atoms with van der Waals surface area (Å²) in [5.41, 5.74) is 7.41. The first kappa shape index (κ1) is 14.2. The lowest BCUT2D eigenvalue weighted by Gasteiger charge is -2.12. The topological polar surface area (TPSA) is 25.8 Å². The predicted octanol–water partition coefficient (Wildman–Crippen LogP) is 5.07. The number of benzene rings is 1. The highest BCUT2D eigenvalue weighted by atomic mass is 14.7. The number of aromatic nitrogens is 2. The molecule has 0 N–H and O–H groups in total. The van der Waals surface area contributed by atoms with E-state index in [4.69, 9.17) is 0 Å². The standard InChI is InChI=1S/C20H18N2/c1-4-16-6-5-7-17(18-10-8-14(2)12-21-18)20(16)19-11-9-15(3)13-22-19/h4-13H,1H2,2-3H3. The summed E-state index contributed by atoms with van der Waals surface area (Å²) in [6, 6.07) is 14.4. The van der Waals surface area contributed by atoms with Crippen LogP contribution in [-0.4, -0.2) is 9.97 Å². The Hall–Kier alpha value is -2.74. The third kappa shape index (κ3) is 2.68. The highest BCUT2D eigenvalue weighted by molar-refractivity contribution is 5.86. The first-order chi connectivity index (χ1) is 10.7. The maximum atomic E-state index is 4.59. The molecule has 0 fully saturated rings. The second kappa shape index (κ2) is 5.94. The van der Waals surface area contributed by atoms with Gasteiger partial charge in [-0.3, -0.25) is 9.97 Å². The van der Waals surface area contributed by atoms with E-state index in [1.807, 2.05) is 38.4 Å². The Morgan fingerprint density at radius 1 is 0.818 bits per heavy atom. The molecular weight excluding hydrogens is 268 g/mol. The summed E-state index contributed by atoms with van der Waals surface area (Å²) in [6.07, 6.45) is 5.65. The van der Waals surface area contributed by atoms with Gasteiger partial charge in [0.05, 0.1) is 11.4 Å². The van der Waals surface area contributed by atoms with E-state index in [9.17, 15) is 0 Å². The van der Waals surface area contributed by atoms with Crippen LogP contribution in [0.25, 0.3) is 28.6 Å². The van der Waals surface area contributed by atoms with Gasteiger partial charge in [-0.25, -0.2) is 0 Å². The lowest BCUT2D eigenvalue weighted by molar-refractivity contribution is 1.25. The lowest BCUT2D eigenvalue weighted by Crippen LogP contribution is -1.93. The Labute approximate surface area is 131 Å². The van der Waals surface area contributed by atoms with Gasteiger partial charge >= 0.3 is 0 Å². The van der Waals surface area contributed by atoms with Crippen LogP contribution in [0.5, 0.6) is 0 Å². The van der Waals surface area contributed by atoms with E-state index in [1.54, 1.807) is 0 Å². The zero-order valence-corrected chi connectivity index (χ0v) is 12.9. The van der Waals surface area contributed by atoms with Gasteiger partial charge in [0.15, 0.2) is 0 Å². The molecule has 0 aliphatic heterocycles. The molecule has 0 saturated carbocycles. The smallest absolute Gasteiger partial charge is 0.0715 e. The van der Waals surface area contributed by atoms with Crippen molar-refractivity contribution in [1.82, 2.24) is 9.97 Å². The van der Waals surface area contributed by atoms with Crippen molar-refractivity contribution >= 4 is 6.08 Å². The van der Waals surface area contributed by atoms with E-state index in [0.717, 1.165) is 39.2 Å². The molecule has 0 amide bonds. The number of nitrogens with zero attached hydrogens (tertiary/aromatic N) is 2. The third-order valence-corrected chi connectivity index (χ3v) is 3.67. The maximum Gasteiger partial charge on any atom is 0.0715 e. The van der Waals surface area contributed by atoms with Gasteiger partial charge in [-0.2, -0.15) is 0 Å². The molecule has 0 aliphatic carbocycles. The first-order valence-electron chi connectivity index (χ1n) is 7.30. The average molecular weight is 286 g/mol. The molecule has 0 bridgehead atoms. The minimum absolute atomic E-state index is 0.943. The van der Waals surface area contributed by atoms with Crippen molar-refractivity contribution < 1.29 is 0 Å². The fourth-order valence-corrected chi connectivity index (χ4v) is 2.48. The largest absolute Gasteiger partial charge is 0.256 e. The second-order valence-corrected chi connectivity index (χ2v) is 5.42. The molecule has 2 heterocycles. The van der Waals surface area contributed by atoms with E-state index < -0.39 is 0 Å². The van der Waals surface area contributed by atoms with Crippen LogP contribution in [0.1, 0.15) is 16.7 Å². The normalized spacial score (nSPS) is 10.5. The van der Waals surface area contributed by atoms with Crippen molar-refractivity contribution in [2.24, 2.45) is 0 Å². The van der Waals surface area contributed by atoms with Gasteiger partial charge in [-0.1, -0.05) is 43.0 Å². The zero-order chi connectivity index (χ0) is 15.5. The zero-order valence-electron chi connectivity index (χ0n) is 12.9. The van der Waals surface area contributed by atoms with E-state index >= 15 is 0 Å². The van der Waals surface area contributed by atoms with E-state index in [2.05, 4.69) is 52.9 Å². The van der Waals surface area contributed by atoms with Gasteiger partial charge in [0.2, 0.25) is 0 Å². The van der Waals surface area contributed by atoms with Crippen LogP contribution in [0.4, 0.5) is 0 Å². The van der Waals surface area contributed by atoms with Crippen molar-refractivity contribution in [2.75, 3.05) is 0 Å². The van der Waals surface area contributed by atoms with Gasteiger partial charge in [-0.15, -0.1) is 0 Å². The quantitative estimate of drug-likeness (QED) is 0.671. The van der Waals surface area contributed by atoms with Crippen molar-refractivity contribution in [3.8, 4) is 22.5 Å². The van der Waals surface area contributed by atoms with Crippen molar-refractivity contribution in [3.63, 3.8) is 0 Å². The minimum Gasteiger partial charge on any atom is -0.256 e. The van der Waals surface area contributed by atoms with Gasteiger partial charge < -0.3 is 0 Å². The molecule has 2 nitrogen and oxygen atoms in total. The Morgan fingerprint density at radius 3 is 2.00 bits per heavy atom. The molecule has 1 aromatic carbocycles. The second-order valence-electron chi connectivity index (χ2n) is 5.42. The molecule has 0 saturated heterocycles. The predicted molar refractivity (Wildman–Crippen MR) is 92.5 cm³/mol. The van der Waals surface area contributed by atoms with Crippen molar-refractivity contribution in [3.05, 3.63) is 78.1 Å². The van der Waals surface area contributed by atoms with Gasteiger partial charge in [-0.05, 0) is 42.7 Å². The Balaban J connectivity index is 2.24. The van der Waals surface area contributed by atoms with Crippen LogP contribution in [0, 0.1) is 13.8 Å². The fourth-order valence-electron chi connectivity index (χ4n) is 2.48. The third-order valence-electron chi connectivity index (χ3n) is 3.67. The van der Waals surface area contributed by atoms with Crippen LogP contribution >= 0.6 is 0 Å². The molecular formula is C20H18N2. The maximum absolute atomic E-state index is 4.59. The Bertz CT molecular complexity index is 800. The van der Waals surface area contributed by atoms with E-state index in [0.29, 0.717) is 0 Å². The van der Waals surface area contributed by atoms with Crippen LogP contribution in [0.2, 0.25) is 0 Å². The number of rotatable bonds is 3. The highest BCUT2D eigenvalue weighted by Gasteiger charge is 2.12. The van der Waals surface area contributed by atoms with Crippen molar-refractivity contribution in [1.29, 1.82) is 0 Å². The molecule has 0 radical (unpaired) electrons. The van der Waals surface area contributed by atoms with Gasteiger partial charge in [0.25, 0.3) is 0 Å². The Kier molecular flexibility index (Phi) is 3.84. The monoisotopic (exact) mass is 286 g/mol. The molecule has 2 heteroatoms. The molecule has 0 aliphatic rings. The van der Waals surface area contributed by atoms with E-state index in [1.165, 1.54) is 0 Å². The van der Waals surface area contributed by atoms with Crippen molar-refractivity contribution in [2.45, 2.75) is 13.8 Å². The molecule has 0 atom stereocenters. The van der Waals surface area contributed by atoms with Crippen LogP contribution in [0.15, 0.2) is 61.4 Å². The summed E-state index contributed by atoms with van der Waals surface area (Å²) < 4.78 is 0. The summed E-state index contributed by atoms with van der Waals surface area (Å²) in [7, 11) is 0. The Morgan fingerprint density at radius 2 is 1.45 bits per heavy atom. The molecule has 0 spiro atoms. The molecule has 22 heavy (non-hydrogen) atoms. The van der Waals surface area contributed by atoms with Crippen LogP contribution < -0.4 is 0 Å². The van der Waals surface area contributed by atoms with E-state index in [-0.39, 0.29) is 0 Å². The van der Waals surface area contributed by atoms with Gasteiger partial charge in [0.1, 0.15) is 0 Å². The van der Waals surface area contributed by atoms with Crippen LogP contribution in [0.3, 0.4) is 0 Å². The summed E-state index contributed by atoms with van der Waals surface area (Å²) in [5, 5.41) is 0. The molecule has 3 aromatic rings. The summed E-state index contributed by atoms with van der Waals surface area (Å²) in [6.45, 7) is 8.02. The number of aryl methyl sites for hydroxylation is 2. The van der Waals surface area contributed by atoms with Crippen LogP contribution in [-0.2, 0) is 0 Å². The molecule has 0 unspecified atom stereocenters. The highest BCUT2D eigenvalue weighted by Crippen LogP contribution is 2.33. The van der Waals surface area contributed by atoms with Gasteiger partial charge in [0, 0.05) is 23.5 Å². The SMILES string of the molecule is C=Cc1cccc(-c2ccc(C)cn2)c1-c1ccc(C)cn1. The molecule has 108 valence electrons. The molecule has 3 rings (SSSR count). The minimum atomic E-state index is 0.943. The number of hydrogen-bond donors (Lipinski definition) is 0. The number of pyridine rings is 2. The fraction of sp³-hybridized carbons (Fsp3) is 0.100. The number of hydrogen-bond acceptors (Lipinski definition) is 2. The first-order valence-corrected chi connectivity index (χ1v) is 7.30. The summed E-state index contributed by atoms with van der Waals surface area (Å²) >= 11 is 0. The summed E-state index contributed by atoms with van der Waals surface area (Å²) in [5.74, 6) is 0. The summed E-state index contributed by atoms with van der Waals surface area (Å²) in [4.78, 5) is 9.15. The lowest BCUT2D eigenvalue weighted by atomic mass is 9.95. The average Bonchev–Trinajstić information content (AvgIpc) is 2.56.